The first kappa shape index (κ1) is 22.5. The fourth-order valence-corrected chi connectivity index (χ4v) is 5.13. The van der Waals surface area contributed by atoms with E-state index in [1.807, 2.05) is 44.2 Å². The highest BCUT2D eigenvalue weighted by Gasteiger charge is 2.29. The highest BCUT2D eigenvalue weighted by atomic mass is 32.2. The quantitative estimate of drug-likeness (QED) is 0.312. The summed E-state index contributed by atoms with van der Waals surface area (Å²) in [7, 11) is -2.39. The van der Waals surface area contributed by atoms with E-state index in [1.54, 1.807) is 43.4 Å². The molecule has 4 aromatic rings. The standard InChI is InChI=1S/C26H24N2O4S/c1-18-13-15-21(16-14-18)33(31,32)28-17-23(22-11-7-8-12-24(22)28)25(29)26(30)27(3)19(2)20-9-5-4-6-10-20/h4-17,19H,1-3H3/t19-/m1/s1. The third kappa shape index (κ3) is 4.07. The number of Topliss-reactive ketones (excluding diaryl/α,β-unsaturated/α-hetero) is 1. The number of carbonyl (C=O) groups excluding carboxylic acids is 2. The number of hydrogen-bond donors (Lipinski definition) is 0. The summed E-state index contributed by atoms with van der Waals surface area (Å²) in [6, 6.07) is 22.2. The van der Waals surface area contributed by atoms with Gasteiger partial charge < -0.3 is 4.90 Å². The lowest BCUT2D eigenvalue weighted by Gasteiger charge is -2.24. The normalized spacial score (nSPS) is 12.5. The van der Waals surface area contributed by atoms with Gasteiger partial charge in [0.05, 0.1) is 22.0 Å². The lowest BCUT2D eigenvalue weighted by molar-refractivity contribution is -0.127. The molecule has 0 saturated carbocycles. The molecular formula is C26H24N2O4S. The minimum Gasteiger partial charge on any atom is -0.332 e. The Morgan fingerprint density at radius 3 is 2.15 bits per heavy atom. The summed E-state index contributed by atoms with van der Waals surface area (Å²) in [6.07, 6.45) is 1.25. The van der Waals surface area contributed by atoms with Crippen molar-refractivity contribution in [1.29, 1.82) is 0 Å². The second-order valence-corrected chi connectivity index (χ2v) is 9.82. The Kier molecular flexibility index (Phi) is 5.91. The van der Waals surface area contributed by atoms with Crippen LogP contribution in [0.2, 0.25) is 0 Å². The van der Waals surface area contributed by atoms with E-state index in [2.05, 4.69) is 0 Å². The van der Waals surface area contributed by atoms with Gasteiger partial charge in [-0.3, -0.25) is 9.59 Å². The van der Waals surface area contributed by atoms with Gasteiger partial charge in [-0.15, -0.1) is 0 Å². The Balaban J connectivity index is 1.75. The van der Waals surface area contributed by atoms with Crippen molar-refractivity contribution in [3.05, 3.63) is 102 Å². The second kappa shape index (κ2) is 8.67. The SMILES string of the molecule is Cc1ccc(S(=O)(=O)n2cc(C(=O)C(=O)N(C)[C@H](C)c3ccccc3)c3ccccc32)cc1. The molecule has 7 heteroatoms. The van der Waals surface area contributed by atoms with Gasteiger partial charge in [0.25, 0.3) is 21.7 Å². The first-order valence-electron chi connectivity index (χ1n) is 10.5. The first-order chi connectivity index (χ1) is 15.7. The van der Waals surface area contributed by atoms with Crippen LogP contribution in [0.5, 0.6) is 0 Å². The summed E-state index contributed by atoms with van der Waals surface area (Å²) in [5.41, 5.74) is 2.22. The lowest BCUT2D eigenvalue weighted by Crippen LogP contribution is -2.35. The second-order valence-electron chi connectivity index (χ2n) is 8.01. The number of carbonyl (C=O) groups is 2. The number of likely N-dealkylation sites (N-methyl/N-ethyl adjacent to an activating group) is 1. The molecule has 0 aliphatic carbocycles. The molecule has 33 heavy (non-hydrogen) atoms. The minimum absolute atomic E-state index is 0.0541. The molecule has 4 rings (SSSR count). The molecule has 0 saturated heterocycles. The van der Waals surface area contributed by atoms with E-state index in [0.29, 0.717) is 10.9 Å². The van der Waals surface area contributed by atoms with Gasteiger partial charge in [-0.1, -0.05) is 66.2 Å². The van der Waals surface area contributed by atoms with Crippen LogP contribution in [0.4, 0.5) is 0 Å². The fourth-order valence-electron chi connectivity index (χ4n) is 3.76. The smallest absolute Gasteiger partial charge is 0.295 e. The zero-order chi connectivity index (χ0) is 23.8. The van der Waals surface area contributed by atoms with Crippen LogP contribution in [0.1, 0.15) is 34.5 Å². The zero-order valence-electron chi connectivity index (χ0n) is 18.6. The molecule has 0 radical (unpaired) electrons. The number of ketones is 1. The molecule has 0 spiro atoms. The predicted octanol–water partition coefficient (Wildman–Crippen LogP) is 4.59. The van der Waals surface area contributed by atoms with Crippen molar-refractivity contribution in [1.82, 2.24) is 8.87 Å². The number of aromatic nitrogens is 1. The summed E-state index contributed by atoms with van der Waals surface area (Å²) in [5.74, 6) is -1.46. The average molecular weight is 461 g/mol. The molecule has 1 amide bonds. The molecule has 0 N–H and O–H groups in total. The average Bonchev–Trinajstić information content (AvgIpc) is 3.23. The van der Waals surface area contributed by atoms with Gasteiger partial charge in [-0.25, -0.2) is 12.4 Å². The van der Waals surface area contributed by atoms with E-state index in [4.69, 9.17) is 0 Å². The Hall–Kier alpha value is -3.71. The van der Waals surface area contributed by atoms with Crippen molar-refractivity contribution in [3.63, 3.8) is 0 Å². The maximum Gasteiger partial charge on any atom is 0.295 e. The Bertz CT molecular complexity index is 1440. The number of rotatable bonds is 6. The molecule has 1 heterocycles. The first-order valence-corrected chi connectivity index (χ1v) is 11.9. The summed E-state index contributed by atoms with van der Waals surface area (Å²) in [5, 5.41) is 0.410. The molecule has 0 fully saturated rings. The van der Waals surface area contributed by atoms with Gasteiger partial charge >= 0.3 is 0 Å². The van der Waals surface area contributed by atoms with Gasteiger partial charge in [0.2, 0.25) is 0 Å². The van der Waals surface area contributed by atoms with E-state index in [-0.39, 0.29) is 16.5 Å². The Labute approximate surface area is 193 Å². The topological polar surface area (TPSA) is 76.5 Å². The van der Waals surface area contributed by atoms with Crippen molar-refractivity contribution < 1.29 is 18.0 Å². The largest absolute Gasteiger partial charge is 0.332 e. The third-order valence-electron chi connectivity index (χ3n) is 5.88. The molecule has 0 unspecified atom stereocenters. The maximum atomic E-state index is 13.3. The summed E-state index contributed by atoms with van der Waals surface area (Å²) in [6.45, 7) is 3.71. The number of para-hydroxylation sites is 1. The van der Waals surface area contributed by atoms with Crippen molar-refractivity contribution in [2.45, 2.75) is 24.8 Å². The van der Waals surface area contributed by atoms with E-state index < -0.39 is 21.7 Å². The molecular weight excluding hydrogens is 436 g/mol. The van der Waals surface area contributed by atoms with E-state index >= 15 is 0 Å². The van der Waals surface area contributed by atoms with Gasteiger partial charge in [0.1, 0.15) is 0 Å². The minimum atomic E-state index is -3.96. The van der Waals surface area contributed by atoms with Crippen LogP contribution in [0.25, 0.3) is 10.9 Å². The van der Waals surface area contributed by atoms with Gasteiger partial charge in [-0.05, 0) is 37.6 Å². The van der Waals surface area contributed by atoms with Crippen molar-refractivity contribution >= 4 is 32.6 Å². The highest BCUT2D eigenvalue weighted by molar-refractivity contribution is 7.90. The van der Waals surface area contributed by atoms with Crippen molar-refractivity contribution in [2.75, 3.05) is 7.05 Å². The monoisotopic (exact) mass is 460 g/mol. The number of aryl methyl sites for hydroxylation is 1. The summed E-state index contributed by atoms with van der Waals surface area (Å²) >= 11 is 0. The van der Waals surface area contributed by atoms with Gasteiger partial charge in [0, 0.05) is 18.6 Å². The summed E-state index contributed by atoms with van der Waals surface area (Å²) in [4.78, 5) is 27.8. The van der Waals surface area contributed by atoms with Crippen LogP contribution in [-0.4, -0.2) is 36.0 Å². The summed E-state index contributed by atoms with van der Waals surface area (Å²) < 4.78 is 27.8. The van der Waals surface area contributed by atoms with Crippen molar-refractivity contribution in [2.24, 2.45) is 0 Å². The number of amides is 1. The van der Waals surface area contributed by atoms with Crippen LogP contribution in [0, 0.1) is 6.92 Å². The van der Waals surface area contributed by atoms with Crippen LogP contribution >= 0.6 is 0 Å². The molecule has 6 nitrogen and oxygen atoms in total. The van der Waals surface area contributed by atoms with Crippen LogP contribution in [0.3, 0.4) is 0 Å². The third-order valence-corrected chi connectivity index (χ3v) is 7.57. The van der Waals surface area contributed by atoms with Crippen LogP contribution in [0.15, 0.2) is 90.0 Å². The molecule has 0 bridgehead atoms. The maximum absolute atomic E-state index is 13.3. The molecule has 168 valence electrons. The number of fused-ring (bicyclic) bond motifs is 1. The van der Waals surface area contributed by atoms with Gasteiger partial charge in [-0.2, -0.15) is 0 Å². The molecule has 0 aliphatic heterocycles. The molecule has 3 aromatic carbocycles. The molecule has 1 aromatic heterocycles. The highest BCUT2D eigenvalue weighted by Crippen LogP contribution is 2.28. The number of benzene rings is 3. The Morgan fingerprint density at radius 1 is 0.879 bits per heavy atom. The lowest BCUT2D eigenvalue weighted by atomic mass is 10.1. The van der Waals surface area contributed by atoms with Crippen molar-refractivity contribution in [3.8, 4) is 0 Å². The van der Waals surface area contributed by atoms with E-state index in [1.165, 1.54) is 23.2 Å². The van der Waals surface area contributed by atoms with Crippen LogP contribution in [-0.2, 0) is 14.8 Å². The predicted molar refractivity (Wildman–Crippen MR) is 128 cm³/mol. The van der Waals surface area contributed by atoms with Gasteiger partial charge in [0.15, 0.2) is 0 Å². The fraction of sp³-hybridized carbons (Fsp3) is 0.154. The van der Waals surface area contributed by atoms with E-state index in [9.17, 15) is 18.0 Å². The number of hydrogen-bond acceptors (Lipinski definition) is 4. The number of nitrogens with zero attached hydrogens (tertiary/aromatic N) is 2. The molecule has 0 aliphatic rings. The Morgan fingerprint density at radius 2 is 1.48 bits per heavy atom. The molecule has 1 atom stereocenters. The van der Waals surface area contributed by atoms with E-state index in [0.717, 1.165) is 15.1 Å². The zero-order valence-corrected chi connectivity index (χ0v) is 19.4. The van der Waals surface area contributed by atoms with Crippen LogP contribution < -0.4 is 0 Å².